The lowest BCUT2D eigenvalue weighted by Crippen LogP contribution is -2.56. The zero-order chi connectivity index (χ0) is 22.1. The molecule has 1 aliphatic carbocycles. The predicted octanol–water partition coefficient (Wildman–Crippen LogP) is 0.491. The van der Waals surface area contributed by atoms with Gasteiger partial charge in [-0.05, 0) is 51.5 Å². The summed E-state index contributed by atoms with van der Waals surface area (Å²) in [5, 5.41) is 7.05. The number of amides is 2. The van der Waals surface area contributed by atoms with Crippen molar-refractivity contribution in [2.45, 2.75) is 57.2 Å². The Morgan fingerprint density at radius 2 is 1.97 bits per heavy atom. The molecule has 1 saturated carbocycles. The predicted molar refractivity (Wildman–Crippen MR) is 121 cm³/mol. The first-order valence-electron chi connectivity index (χ1n) is 12.3. The van der Waals surface area contributed by atoms with Gasteiger partial charge in [0.2, 0.25) is 11.8 Å². The van der Waals surface area contributed by atoms with Crippen molar-refractivity contribution in [2.24, 2.45) is 10.9 Å². The van der Waals surface area contributed by atoms with Crippen LogP contribution in [0.2, 0.25) is 0 Å². The van der Waals surface area contributed by atoms with Gasteiger partial charge in [-0.1, -0.05) is 0 Å². The highest BCUT2D eigenvalue weighted by Gasteiger charge is 2.57. The van der Waals surface area contributed by atoms with Crippen LogP contribution in [-0.4, -0.2) is 96.5 Å². The molecular weight excluding hydrogens is 408 g/mol. The van der Waals surface area contributed by atoms with Gasteiger partial charge in [0.25, 0.3) is 0 Å². The number of morpholine rings is 1. The Morgan fingerprint density at radius 3 is 2.69 bits per heavy atom. The SMILES string of the molecule is C/C=C(\NC1=NC(C2(N3CCOCC3=O)CC2)NC1)N1CCC[C@@H](C(=O)N2CCCC2)C1. The van der Waals surface area contributed by atoms with E-state index in [2.05, 4.69) is 26.5 Å². The summed E-state index contributed by atoms with van der Waals surface area (Å²) in [6, 6.07) is 0. The molecule has 9 nitrogen and oxygen atoms in total. The van der Waals surface area contributed by atoms with Gasteiger partial charge in [0.15, 0.2) is 0 Å². The molecule has 176 valence electrons. The van der Waals surface area contributed by atoms with Gasteiger partial charge in [-0.15, -0.1) is 0 Å². The molecule has 2 amide bonds. The van der Waals surface area contributed by atoms with Crippen LogP contribution >= 0.6 is 0 Å². The molecule has 0 radical (unpaired) electrons. The molecule has 1 unspecified atom stereocenters. The lowest BCUT2D eigenvalue weighted by Gasteiger charge is -2.37. The van der Waals surface area contributed by atoms with E-state index in [9.17, 15) is 9.59 Å². The Kier molecular flexibility index (Phi) is 6.11. The van der Waals surface area contributed by atoms with Crippen molar-refractivity contribution >= 4 is 17.6 Å². The van der Waals surface area contributed by atoms with Crippen LogP contribution in [0.25, 0.3) is 0 Å². The zero-order valence-corrected chi connectivity index (χ0v) is 19.1. The van der Waals surface area contributed by atoms with Crippen LogP contribution in [0, 0.1) is 5.92 Å². The highest BCUT2D eigenvalue weighted by Crippen LogP contribution is 2.46. The first-order chi connectivity index (χ1) is 15.6. The third-order valence-corrected chi connectivity index (χ3v) is 7.62. The molecule has 0 aromatic carbocycles. The summed E-state index contributed by atoms with van der Waals surface area (Å²) in [6.45, 7) is 7.67. The Bertz CT molecular complexity index is 802. The number of rotatable bonds is 5. The van der Waals surface area contributed by atoms with Crippen LogP contribution < -0.4 is 10.6 Å². The van der Waals surface area contributed by atoms with E-state index in [4.69, 9.17) is 9.73 Å². The van der Waals surface area contributed by atoms with Gasteiger partial charge in [-0.2, -0.15) is 0 Å². The highest BCUT2D eigenvalue weighted by atomic mass is 16.5. The first-order valence-corrected chi connectivity index (χ1v) is 12.3. The number of hydrogen-bond donors (Lipinski definition) is 2. The molecular formula is C23H36N6O3. The normalized spacial score (nSPS) is 30.5. The van der Waals surface area contributed by atoms with Gasteiger partial charge < -0.3 is 24.8 Å². The van der Waals surface area contributed by atoms with Crippen molar-refractivity contribution in [3.8, 4) is 0 Å². The van der Waals surface area contributed by atoms with E-state index < -0.39 is 0 Å². The molecule has 3 saturated heterocycles. The van der Waals surface area contributed by atoms with Crippen molar-refractivity contribution in [3.05, 3.63) is 11.9 Å². The van der Waals surface area contributed by atoms with Crippen LogP contribution in [-0.2, 0) is 14.3 Å². The number of allylic oxidation sites excluding steroid dienone is 1. The highest BCUT2D eigenvalue weighted by molar-refractivity contribution is 5.88. The molecule has 2 N–H and O–H groups in total. The van der Waals surface area contributed by atoms with E-state index in [-0.39, 0.29) is 30.1 Å². The molecule has 0 bridgehead atoms. The fraction of sp³-hybridized carbons (Fsp3) is 0.783. The maximum absolute atomic E-state index is 12.9. The summed E-state index contributed by atoms with van der Waals surface area (Å²) in [6.07, 6.45) is 8.24. The minimum Gasteiger partial charge on any atom is -0.370 e. The summed E-state index contributed by atoms with van der Waals surface area (Å²) in [7, 11) is 0. The third-order valence-electron chi connectivity index (χ3n) is 7.62. The van der Waals surface area contributed by atoms with Gasteiger partial charge in [-0.3, -0.25) is 14.9 Å². The van der Waals surface area contributed by atoms with Crippen LogP contribution in [0.3, 0.4) is 0 Å². The van der Waals surface area contributed by atoms with E-state index in [0.717, 1.165) is 76.4 Å². The summed E-state index contributed by atoms with van der Waals surface area (Å²) in [5.74, 6) is 2.41. The topological polar surface area (TPSA) is 89.5 Å². The average Bonchev–Trinajstić information content (AvgIpc) is 3.22. The van der Waals surface area contributed by atoms with E-state index in [0.29, 0.717) is 25.6 Å². The Balaban J connectivity index is 1.21. The fourth-order valence-corrected chi connectivity index (χ4v) is 5.71. The van der Waals surface area contributed by atoms with Gasteiger partial charge in [0, 0.05) is 32.7 Å². The van der Waals surface area contributed by atoms with Crippen molar-refractivity contribution in [2.75, 3.05) is 52.5 Å². The lowest BCUT2D eigenvalue weighted by molar-refractivity contribution is -0.147. The van der Waals surface area contributed by atoms with Crippen molar-refractivity contribution in [1.29, 1.82) is 0 Å². The first kappa shape index (κ1) is 21.7. The van der Waals surface area contributed by atoms with Crippen LogP contribution in [0.15, 0.2) is 16.9 Å². The largest absolute Gasteiger partial charge is 0.370 e. The maximum Gasteiger partial charge on any atom is 0.249 e. The van der Waals surface area contributed by atoms with Crippen molar-refractivity contribution in [3.63, 3.8) is 0 Å². The second kappa shape index (κ2) is 9.02. The molecule has 0 aromatic rings. The Morgan fingerprint density at radius 1 is 1.19 bits per heavy atom. The minimum absolute atomic E-state index is 0.0725. The molecule has 5 rings (SSSR count). The van der Waals surface area contributed by atoms with Crippen molar-refractivity contribution in [1.82, 2.24) is 25.3 Å². The van der Waals surface area contributed by atoms with Gasteiger partial charge in [0.1, 0.15) is 24.4 Å². The van der Waals surface area contributed by atoms with Crippen LogP contribution in [0.5, 0.6) is 0 Å². The van der Waals surface area contributed by atoms with Gasteiger partial charge in [0.05, 0.1) is 24.6 Å². The number of nitrogens with zero attached hydrogens (tertiary/aromatic N) is 4. The monoisotopic (exact) mass is 444 g/mol. The number of hydrogen-bond acceptors (Lipinski definition) is 7. The standard InChI is InChI=1S/C23H36N6O3/c1-2-19(28-11-5-6-17(15-28)21(31)27-9-3-4-10-27)25-18-14-24-22(26-18)23(7-8-23)29-12-13-32-16-20(29)30/h2,17,22,24H,3-16H2,1H3,(H,25,26)/b19-2+/t17-,22?/m1/s1. The quantitative estimate of drug-likeness (QED) is 0.642. The summed E-state index contributed by atoms with van der Waals surface area (Å²) >= 11 is 0. The number of piperidine rings is 1. The van der Waals surface area contributed by atoms with Crippen molar-refractivity contribution < 1.29 is 14.3 Å². The minimum atomic E-state index is -0.196. The number of carbonyl (C=O) groups excluding carboxylic acids is 2. The van der Waals surface area contributed by atoms with Gasteiger partial charge in [-0.25, -0.2) is 4.99 Å². The molecule has 2 atom stereocenters. The number of ether oxygens (including phenoxy) is 1. The number of nitrogens with one attached hydrogen (secondary N) is 2. The lowest BCUT2D eigenvalue weighted by atomic mass is 9.96. The summed E-state index contributed by atoms with van der Waals surface area (Å²) < 4.78 is 5.31. The van der Waals surface area contributed by atoms with E-state index >= 15 is 0 Å². The second-order valence-corrected chi connectivity index (χ2v) is 9.68. The number of aliphatic imine (C=N–C) groups is 1. The van der Waals surface area contributed by atoms with Gasteiger partial charge >= 0.3 is 0 Å². The molecule has 4 fully saturated rings. The van der Waals surface area contributed by atoms with Crippen LogP contribution in [0.1, 0.15) is 45.4 Å². The summed E-state index contributed by atoms with van der Waals surface area (Å²) in [4.78, 5) is 36.6. The Labute approximate surface area is 190 Å². The molecule has 9 heteroatoms. The molecule has 0 spiro atoms. The molecule has 32 heavy (non-hydrogen) atoms. The van der Waals surface area contributed by atoms with E-state index in [1.165, 1.54) is 0 Å². The summed E-state index contributed by atoms with van der Waals surface area (Å²) in [5.41, 5.74) is -0.196. The number of likely N-dealkylation sites (tertiary alicyclic amines) is 2. The molecule has 4 aliphatic heterocycles. The number of carbonyl (C=O) groups is 2. The average molecular weight is 445 g/mol. The smallest absolute Gasteiger partial charge is 0.249 e. The fourth-order valence-electron chi connectivity index (χ4n) is 5.71. The zero-order valence-electron chi connectivity index (χ0n) is 19.1. The van der Waals surface area contributed by atoms with E-state index in [1.807, 2.05) is 11.8 Å². The Hall–Kier alpha value is -2.13. The maximum atomic E-state index is 12.9. The molecule has 0 aromatic heterocycles. The van der Waals surface area contributed by atoms with Crippen LogP contribution in [0.4, 0.5) is 0 Å². The third kappa shape index (κ3) is 4.12. The molecule has 5 aliphatic rings. The number of amidine groups is 1. The molecule has 4 heterocycles. The van der Waals surface area contributed by atoms with E-state index in [1.54, 1.807) is 0 Å². The second-order valence-electron chi connectivity index (χ2n) is 9.68.